The second kappa shape index (κ2) is 9.02. The van der Waals surface area contributed by atoms with Gasteiger partial charge >= 0.3 is 0 Å². The first-order valence-electron chi connectivity index (χ1n) is 11.3. The van der Waals surface area contributed by atoms with E-state index in [9.17, 15) is 9.90 Å². The summed E-state index contributed by atoms with van der Waals surface area (Å²) in [6.07, 6.45) is 0. The van der Waals surface area contributed by atoms with Crippen LogP contribution in [0.1, 0.15) is 30.2 Å². The fourth-order valence-corrected chi connectivity index (χ4v) is 4.27. The van der Waals surface area contributed by atoms with Crippen molar-refractivity contribution >= 4 is 33.4 Å². The molecule has 35 heavy (non-hydrogen) atoms. The Hall–Kier alpha value is -4.52. The van der Waals surface area contributed by atoms with E-state index in [4.69, 9.17) is 9.72 Å². The number of carbonyl (C=O) groups excluding carboxylic acids is 1. The lowest BCUT2D eigenvalue weighted by molar-refractivity contribution is 0.0996. The van der Waals surface area contributed by atoms with Gasteiger partial charge in [-0.25, -0.2) is 4.98 Å². The number of fused-ring (bicyclic) bond motifs is 2. The van der Waals surface area contributed by atoms with Crippen LogP contribution in [0.4, 0.5) is 5.69 Å². The quantitative estimate of drug-likeness (QED) is 0.282. The van der Waals surface area contributed by atoms with Crippen LogP contribution in [-0.4, -0.2) is 27.7 Å². The second-order valence-electron chi connectivity index (χ2n) is 8.46. The van der Waals surface area contributed by atoms with Gasteiger partial charge in [0.2, 0.25) is 5.88 Å². The van der Waals surface area contributed by atoms with Gasteiger partial charge in [0.1, 0.15) is 5.75 Å². The van der Waals surface area contributed by atoms with Crippen molar-refractivity contribution in [3.05, 3.63) is 84.4 Å². The van der Waals surface area contributed by atoms with Crippen LogP contribution in [0.3, 0.4) is 0 Å². The van der Waals surface area contributed by atoms with Gasteiger partial charge in [-0.15, -0.1) is 10.2 Å². The Morgan fingerprint density at radius 1 is 0.971 bits per heavy atom. The minimum Gasteiger partial charge on any atom is -0.497 e. The number of rotatable bonds is 5. The monoisotopic (exact) mass is 464 g/mol. The number of nitrogens with zero attached hydrogens (tertiary/aromatic N) is 4. The smallest absolute Gasteiger partial charge is 0.296 e. The van der Waals surface area contributed by atoms with Crippen LogP contribution in [0.25, 0.3) is 33.1 Å². The molecule has 174 valence electrons. The van der Waals surface area contributed by atoms with Crippen LogP contribution in [0.2, 0.25) is 0 Å². The number of carbonyl (C=O) groups is 1. The number of azo groups is 1. The maximum atomic E-state index is 13.3. The fourth-order valence-electron chi connectivity index (χ4n) is 4.27. The van der Waals surface area contributed by atoms with Crippen LogP contribution in [0.15, 0.2) is 89.1 Å². The van der Waals surface area contributed by atoms with Crippen molar-refractivity contribution in [2.45, 2.75) is 19.9 Å². The van der Waals surface area contributed by atoms with Crippen LogP contribution < -0.4 is 4.74 Å². The largest absolute Gasteiger partial charge is 0.497 e. The van der Waals surface area contributed by atoms with Gasteiger partial charge in [-0.3, -0.25) is 4.79 Å². The molecular weight excluding hydrogens is 440 g/mol. The topological polar surface area (TPSA) is 89.1 Å². The number of para-hydroxylation sites is 1. The Balaban J connectivity index is 1.63. The molecule has 0 spiro atoms. The number of aromatic nitrogens is 2. The Kier molecular flexibility index (Phi) is 5.74. The molecule has 7 nitrogen and oxygen atoms in total. The van der Waals surface area contributed by atoms with Gasteiger partial charge in [-0.2, -0.15) is 0 Å². The molecule has 5 rings (SSSR count). The molecule has 2 aromatic heterocycles. The molecule has 0 aliphatic heterocycles. The van der Waals surface area contributed by atoms with Gasteiger partial charge in [0.25, 0.3) is 5.91 Å². The molecule has 0 saturated carbocycles. The molecule has 0 aliphatic rings. The van der Waals surface area contributed by atoms with E-state index in [1.165, 1.54) is 0 Å². The number of methoxy groups -OCH3 is 1. The third-order valence-corrected chi connectivity index (χ3v) is 5.93. The molecule has 0 bridgehead atoms. The molecule has 5 aromatic rings. The third kappa shape index (κ3) is 4.01. The van der Waals surface area contributed by atoms with E-state index in [0.717, 1.165) is 11.1 Å². The lowest BCUT2D eigenvalue weighted by Gasteiger charge is -2.10. The minimum atomic E-state index is -0.520. The van der Waals surface area contributed by atoms with Crippen LogP contribution in [0.5, 0.6) is 11.6 Å². The third-order valence-electron chi connectivity index (χ3n) is 5.93. The molecule has 7 heteroatoms. The molecule has 0 saturated heterocycles. The van der Waals surface area contributed by atoms with Gasteiger partial charge in [0.15, 0.2) is 5.69 Å². The Labute approximate surface area is 202 Å². The predicted molar refractivity (Wildman–Crippen MR) is 137 cm³/mol. The zero-order valence-corrected chi connectivity index (χ0v) is 19.6. The van der Waals surface area contributed by atoms with E-state index in [1.54, 1.807) is 23.8 Å². The summed E-state index contributed by atoms with van der Waals surface area (Å²) in [5, 5.41) is 20.5. The lowest BCUT2D eigenvalue weighted by Crippen LogP contribution is -1.99. The number of amides is 1. The highest BCUT2D eigenvalue weighted by Gasteiger charge is 2.20. The first-order valence-corrected chi connectivity index (χ1v) is 11.3. The van der Waals surface area contributed by atoms with E-state index in [1.807, 2.05) is 80.6 Å². The van der Waals surface area contributed by atoms with Gasteiger partial charge in [0.05, 0.1) is 29.4 Å². The van der Waals surface area contributed by atoms with Crippen molar-refractivity contribution in [2.24, 2.45) is 10.2 Å². The van der Waals surface area contributed by atoms with Crippen molar-refractivity contribution in [2.75, 3.05) is 7.11 Å². The van der Waals surface area contributed by atoms with Crippen molar-refractivity contribution < 1.29 is 14.6 Å². The van der Waals surface area contributed by atoms with E-state index >= 15 is 0 Å². The summed E-state index contributed by atoms with van der Waals surface area (Å²) in [4.78, 5) is 18.0. The normalized spacial score (nSPS) is 11.7. The van der Waals surface area contributed by atoms with Crippen molar-refractivity contribution in [3.8, 4) is 22.9 Å². The van der Waals surface area contributed by atoms with Gasteiger partial charge < -0.3 is 14.4 Å². The predicted octanol–water partition coefficient (Wildman–Crippen LogP) is 7.08. The van der Waals surface area contributed by atoms with Crippen molar-refractivity contribution in [1.29, 1.82) is 0 Å². The van der Waals surface area contributed by atoms with Gasteiger partial charge in [-0.1, -0.05) is 48.5 Å². The first kappa shape index (κ1) is 22.3. The summed E-state index contributed by atoms with van der Waals surface area (Å²) in [5.74, 6) is 0.0479. The number of aromatic hydroxyl groups is 1. The highest BCUT2D eigenvalue weighted by Crippen LogP contribution is 2.42. The number of benzene rings is 3. The summed E-state index contributed by atoms with van der Waals surface area (Å²) in [6, 6.07) is 24.3. The van der Waals surface area contributed by atoms with E-state index in [0.29, 0.717) is 33.3 Å². The number of hydrogen-bond donors (Lipinski definition) is 1. The molecule has 2 heterocycles. The van der Waals surface area contributed by atoms with Gasteiger partial charge in [0, 0.05) is 22.4 Å². The zero-order chi connectivity index (χ0) is 24.5. The molecule has 0 unspecified atom stereocenters. The Morgan fingerprint density at radius 3 is 2.46 bits per heavy atom. The van der Waals surface area contributed by atoms with E-state index < -0.39 is 5.91 Å². The summed E-state index contributed by atoms with van der Waals surface area (Å²) >= 11 is 0. The van der Waals surface area contributed by atoms with Crippen molar-refractivity contribution in [1.82, 2.24) is 9.55 Å². The van der Waals surface area contributed by atoms with E-state index in [2.05, 4.69) is 10.2 Å². The summed E-state index contributed by atoms with van der Waals surface area (Å²) in [5.41, 5.74) is 3.66. The SMILES string of the molecule is COc1ccc2c(c1)c(N=NC(=O)c1cc(-c3ccccc3)nc3ccccc13)c(O)n2C(C)C. The number of ether oxygens (including phenoxy) is 1. The molecule has 3 aromatic carbocycles. The first-order chi connectivity index (χ1) is 17.0. The fraction of sp³-hybridized carbons (Fsp3) is 0.143. The number of hydrogen-bond acceptors (Lipinski definition) is 5. The minimum absolute atomic E-state index is 0.0249. The molecule has 0 atom stereocenters. The highest BCUT2D eigenvalue weighted by molar-refractivity contribution is 6.07. The maximum Gasteiger partial charge on any atom is 0.296 e. The van der Waals surface area contributed by atoms with Gasteiger partial charge in [-0.05, 0) is 44.2 Å². The molecule has 0 aliphatic carbocycles. The molecule has 0 radical (unpaired) electrons. The Bertz CT molecular complexity index is 1590. The average molecular weight is 465 g/mol. The lowest BCUT2D eigenvalue weighted by atomic mass is 10.0. The zero-order valence-electron chi connectivity index (χ0n) is 19.6. The number of pyridine rings is 1. The van der Waals surface area contributed by atoms with Crippen molar-refractivity contribution in [3.63, 3.8) is 0 Å². The summed E-state index contributed by atoms with van der Waals surface area (Å²) in [7, 11) is 1.57. The molecule has 1 N–H and O–H groups in total. The molecule has 1 amide bonds. The summed E-state index contributed by atoms with van der Waals surface area (Å²) < 4.78 is 7.10. The second-order valence-corrected chi connectivity index (χ2v) is 8.46. The average Bonchev–Trinajstić information content (AvgIpc) is 3.17. The molecule has 0 fully saturated rings. The summed E-state index contributed by atoms with van der Waals surface area (Å²) in [6.45, 7) is 3.92. The highest BCUT2D eigenvalue weighted by atomic mass is 16.5. The van der Waals surface area contributed by atoms with Crippen LogP contribution >= 0.6 is 0 Å². The molecular formula is C28H24N4O3. The van der Waals surface area contributed by atoms with Crippen LogP contribution in [-0.2, 0) is 0 Å². The standard InChI is InChI=1S/C28H24N4O3/c1-17(2)32-25-14-13-19(35-3)15-22(25)26(28(32)34)30-31-27(33)21-16-24(18-9-5-4-6-10-18)29-23-12-8-7-11-20(21)23/h4-17,34H,1-3H3. The van der Waals surface area contributed by atoms with Crippen LogP contribution in [0, 0.1) is 0 Å². The Morgan fingerprint density at radius 2 is 1.71 bits per heavy atom. The van der Waals surface area contributed by atoms with E-state index in [-0.39, 0.29) is 17.6 Å². The maximum absolute atomic E-state index is 13.3.